The van der Waals surface area contributed by atoms with Crippen LogP contribution >= 0.6 is 0 Å². The van der Waals surface area contributed by atoms with E-state index in [0.29, 0.717) is 6.54 Å². The van der Waals surface area contributed by atoms with Crippen LogP contribution in [0.4, 0.5) is 0 Å². The maximum atomic E-state index is 9.96. The highest BCUT2D eigenvalue weighted by Crippen LogP contribution is 2.24. The molecular formula is C10H23NO2. The van der Waals surface area contributed by atoms with Crippen molar-refractivity contribution in [2.75, 3.05) is 13.7 Å². The minimum atomic E-state index is -0.484. The number of methoxy groups -OCH3 is 1. The van der Waals surface area contributed by atoms with Gasteiger partial charge in [0.15, 0.2) is 0 Å². The van der Waals surface area contributed by atoms with Crippen LogP contribution in [0.3, 0.4) is 0 Å². The quantitative estimate of drug-likeness (QED) is 0.659. The highest BCUT2D eigenvalue weighted by Gasteiger charge is 2.32. The lowest BCUT2D eigenvalue weighted by Crippen LogP contribution is -2.44. The SMILES string of the molecule is CCCC(OC)C(O)C(C)(C)CN. The smallest absolute Gasteiger partial charge is 0.0864 e. The molecule has 0 rings (SSSR count). The van der Waals surface area contributed by atoms with E-state index in [9.17, 15) is 5.11 Å². The van der Waals surface area contributed by atoms with E-state index in [1.54, 1.807) is 7.11 Å². The van der Waals surface area contributed by atoms with Crippen molar-refractivity contribution < 1.29 is 9.84 Å². The molecule has 0 aliphatic carbocycles. The summed E-state index contributed by atoms with van der Waals surface area (Å²) in [5.74, 6) is 0. The van der Waals surface area contributed by atoms with Crippen molar-refractivity contribution >= 4 is 0 Å². The Labute approximate surface area is 81.3 Å². The zero-order chi connectivity index (χ0) is 10.5. The van der Waals surface area contributed by atoms with Gasteiger partial charge in [-0.25, -0.2) is 0 Å². The molecule has 0 aromatic heterocycles. The van der Waals surface area contributed by atoms with Gasteiger partial charge in [-0.2, -0.15) is 0 Å². The summed E-state index contributed by atoms with van der Waals surface area (Å²) in [6.07, 6.45) is 1.31. The summed E-state index contributed by atoms with van der Waals surface area (Å²) in [5.41, 5.74) is 5.31. The van der Waals surface area contributed by atoms with Gasteiger partial charge < -0.3 is 15.6 Å². The first-order valence-electron chi connectivity index (χ1n) is 4.90. The van der Waals surface area contributed by atoms with Gasteiger partial charge in [-0.15, -0.1) is 0 Å². The second-order valence-electron chi connectivity index (χ2n) is 4.20. The van der Waals surface area contributed by atoms with Gasteiger partial charge in [0.1, 0.15) is 0 Å². The van der Waals surface area contributed by atoms with Gasteiger partial charge in [0.25, 0.3) is 0 Å². The molecule has 0 bridgehead atoms. The van der Waals surface area contributed by atoms with Crippen molar-refractivity contribution in [3.05, 3.63) is 0 Å². The Bertz CT molecular complexity index is 137. The summed E-state index contributed by atoms with van der Waals surface area (Å²) in [6, 6.07) is 0. The highest BCUT2D eigenvalue weighted by atomic mass is 16.5. The predicted molar refractivity (Wildman–Crippen MR) is 54.5 cm³/mol. The summed E-state index contributed by atoms with van der Waals surface area (Å²) in [4.78, 5) is 0. The van der Waals surface area contributed by atoms with E-state index in [-0.39, 0.29) is 11.5 Å². The predicted octanol–water partition coefficient (Wildman–Crippen LogP) is 1.15. The fourth-order valence-electron chi connectivity index (χ4n) is 1.31. The molecule has 0 aliphatic heterocycles. The molecule has 0 saturated carbocycles. The van der Waals surface area contributed by atoms with E-state index < -0.39 is 6.10 Å². The summed E-state index contributed by atoms with van der Waals surface area (Å²) in [6.45, 7) is 6.46. The number of hydrogen-bond donors (Lipinski definition) is 2. The number of ether oxygens (including phenoxy) is 1. The van der Waals surface area contributed by atoms with Crippen molar-refractivity contribution in [3.8, 4) is 0 Å². The van der Waals surface area contributed by atoms with Crippen molar-refractivity contribution in [3.63, 3.8) is 0 Å². The maximum Gasteiger partial charge on any atom is 0.0864 e. The van der Waals surface area contributed by atoms with Gasteiger partial charge in [0, 0.05) is 12.5 Å². The van der Waals surface area contributed by atoms with Crippen molar-refractivity contribution in [1.82, 2.24) is 0 Å². The zero-order valence-electron chi connectivity index (χ0n) is 9.21. The first-order chi connectivity index (χ1) is 5.99. The first kappa shape index (κ1) is 12.9. The zero-order valence-corrected chi connectivity index (χ0v) is 9.21. The van der Waals surface area contributed by atoms with Crippen LogP contribution in [0, 0.1) is 5.41 Å². The number of hydrogen-bond acceptors (Lipinski definition) is 3. The molecule has 0 spiro atoms. The fraction of sp³-hybridized carbons (Fsp3) is 1.00. The van der Waals surface area contributed by atoms with E-state index in [4.69, 9.17) is 10.5 Å². The lowest BCUT2D eigenvalue weighted by Gasteiger charge is -2.34. The van der Waals surface area contributed by atoms with Gasteiger partial charge in [-0.3, -0.25) is 0 Å². The lowest BCUT2D eigenvalue weighted by molar-refractivity contribution is -0.0706. The molecule has 0 aliphatic rings. The van der Waals surface area contributed by atoms with Crippen LogP contribution in [0.5, 0.6) is 0 Å². The van der Waals surface area contributed by atoms with Gasteiger partial charge >= 0.3 is 0 Å². The average molecular weight is 189 g/mol. The monoisotopic (exact) mass is 189 g/mol. The molecule has 80 valence electrons. The molecule has 3 heteroatoms. The molecule has 0 amide bonds. The van der Waals surface area contributed by atoms with Crippen LogP contribution in [0.15, 0.2) is 0 Å². The molecular weight excluding hydrogens is 166 g/mol. The molecule has 2 unspecified atom stereocenters. The van der Waals surface area contributed by atoms with Gasteiger partial charge in [-0.05, 0) is 13.0 Å². The minimum Gasteiger partial charge on any atom is -0.390 e. The molecule has 3 N–H and O–H groups in total. The molecule has 2 atom stereocenters. The Kier molecular flexibility index (Phi) is 5.53. The minimum absolute atomic E-state index is 0.0939. The van der Waals surface area contributed by atoms with Crippen molar-refractivity contribution in [1.29, 1.82) is 0 Å². The standard InChI is InChI=1S/C10H23NO2/c1-5-6-8(13-4)9(12)10(2,3)7-11/h8-9,12H,5-7,11H2,1-4H3. The van der Waals surface area contributed by atoms with E-state index in [1.807, 2.05) is 13.8 Å². The van der Waals surface area contributed by atoms with Crippen LogP contribution in [0.25, 0.3) is 0 Å². The normalized spacial score (nSPS) is 17.1. The molecule has 0 aromatic rings. The Morgan fingerprint density at radius 1 is 1.46 bits per heavy atom. The number of aliphatic hydroxyl groups is 1. The molecule has 0 aromatic carbocycles. The van der Waals surface area contributed by atoms with E-state index in [0.717, 1.165) is 12.8 Å². The topological polar surface area (TPSA) is 55.5 Å². The fourth-order valence-corrected chi connectivity index (χ4v) is 1.31. The van der Waals surface area contributed by atoms with Crippen molar-refractivity contribution in [2.24, 2.45) is 11.1 Å². The molecule has 0 saturated heterocycles. The van der Waals surface area contributed by atoms with E-state index in [2.05, 4.69) is 6.92 Å². The third kappa shape index (κ3) is 3.63. The van der Waals surface area contributed by atoms with Crippen LogP contribution < -0.4 is 5.73 Å². The summed E-state index contributed by atoms with van der Waals surface area (Å²) in [5, 5.41) is 9.96. The third-order valence-electron chi connectivity index (χ3n) is 2.55. The van der Waals surface area contributed by atoms with Crippen LogP contribution in [-0.2, 0) is 4.74 Å². The van der Waals surface area contributed by atoms with Crippen LogP contribution in [0.2, 0.25) is 0 Å². The van der Waals surface area contributed by atoms with Crippen molar-refractivity contribution in [2.45, 2.75) is 45.8 Å². The Morgan fingerprint density at radius 2 is 2.00 bits per heavy atom. The van der Waals surface area contributed by atoms with Gasteiger partial charge in [0.2, 0.25) is 0 Å². The number of nitrogens with two attached hydrogens (primary N) is 1. The largest absolute Gasteiger partial charge is 0.390 e. The van der Waals surface area contributed by atoms with Crippen LogP contribution in [0.1, 0.15) is 33.6 Å². The lowest BCUT2D eigenvalue weighted by atomic mass is 9.82. The molecule has 0 fully saturated rings. The second kappa shape index (κ2) is 5.58. The van der Waals surface area contributed by atoms with E-state index in [1.165, 1.54) is 0 Å². The summed E-state index contributed by atoms with van der Waals surface area (Å²) < 4.78 is 5.24. The molecule has 3 nitrogen and oxygen atoms in total. The average Bonchev–Trinajstić information content (AvgIpc) is 2.13. The Hall–Kier alpha value is -0.120. The highest BCUT2D eigenvalue weighted by molar-refractivity contribution is 4.84. The summed E-state index contributed by atoms with van der Waals surface area (Å²) >= 11 is 0. The Morgan fingerprint density at radius 3 is 2.31 bits per heavy atom. The molecule has 0 heterocycles. The third-order valence-corrected chi connectivity index (χ3v) is 2.55. The van der Waals surface area contributed by atoms with E-state index >= 15 is 0 Å². The van der Waals surface area contributed by atoms with Crippen LogP contribution in [-0.4, -0.2) is 31.0 Å². The first-order valence-corrected chi connectivity index (χ1v) is 4.90. The van der Waals surface area contributed by atoms with Gasteiger partial charge in [-0.1, -0.05) is 27.2 Å². The molecule has 0 radical (unpaired) electrons. The second-order valence-corrected chi connectivity index (χ2v) is 4.20. The van der Waals surface area contributed by atoms with Gasteiger partial charge in [0.05, 0.1) is 12.2 Å². The summed E-state index contributed by atoms with van der Waals surface area (Å²) in [7, 11) is 1.64. The molecule has 13 heavy (non-hydrogen) atoms. The number of rotatable bonds is 6. The maximum absolute atomic E-state index is 9.96. The Balaban J connectivity index is 4.26. The number of aliphatic hydroxyl groups excluding tert-OH is 1.